The Morgan fingerprint density at radius 2 is 1.52 bits per heavy atom. The number of carbonyl (C=O) groups is 2. The third-order valence-corrected chi connectivity index (χ3v) is 3.35. The van der Waals surface area contributed by atoms with Crippen LogP contribution < -0.4 is 0 Å². The summed E-state index contributed by atoms with van der Waals surface area (Å²) < 4.78 is 81.4. The van der Waals surface area contributed by atoms with Gasteiger partial charge in [-0.2, -0.15) is 26.3 Å². The molecule has 0 spiro atoms. The lowest BCUT2D eigenvalue weighted by atomic mass is 10.0. The number of amides is 1. The van der Waals surface area contributed by atoms with Crippen molar-refractivity contribution < 1.29 is 40.7 Å². The molecule has 4 nitrogen and oxygen atoms in total. The van der Waals surface area contributed by atoms with Gasteiger partial charge in [0.1, 0.15) is 0 Å². The van der Waals surface area contributed by atoms with Crippen LogP contribution in [-0.2, 0) is 21.9 Å². The van der Waals surface area contributed by atoms with E-state index in [2.05, 4.69) is 11.3 Å². The van der Waals surface area contributed by atoms with Crippen molar-refractivity contribution >= 4 is 11.9 Å². The third kappa shape index (κ3) is 6.61. The summed E-state index contributed by atoms with van der Waals surface area (Å²) in [6.07, 6.45) is -10.2. The van der Waals surface area contributed by atoms with Crippen LogP contribution in [0.2, 0.25) is 0 Å². The first-order chi connectivity index (χ1) is 12.3. The maximum atomic E-state index is 12.8. The summed E-state index contributed by atoms with van der Waals surface area (Å²) in [4.78, 5) is 25.1. The minimum absolute atomic E-state index is 0.104. The van der Waals surface area contributed by atoms with Crippen molar-refractivity contribution in [3.63, 3.8) is 0 Å². The van der Waals surface area contributed by atoms with Gasteiger partial charge in [-0.05, 0) is 32.0 Å². The topological polar surface area (TPSA) is 46.6 Å². The second-order valence-electron chi connectivity index (χ2n) is 5.74. The lowest BCUT2D eigenvalue weighted by molar-refractivity contribution is -0.143. The molecule has 0 aliphatic rings. The molecule has 1 amide bonds. The van der Waals surface area contributed by atoms with Crippen LogP contribution in [0.15, 0.2) is 30.4 Å². The maximum Gasteiger partial charge on any atom is 0.416 e. The molecule has 0 N–H and O–H groups in total. The Hall–Kier alpha value is -2.52. The van der Waals surface area contributed by atoms with E-state index in [0.717, 1.165) is 0 Å². The molecule has 150 valence electrons. The predicted molar refractivity (Wildman–Crippen MR) is 83.8 cm³/mol. The second-order valence-corrected chi connectivity index (χ2v) is 5.74. The van der Waals surface area contributed by atoms with Crippen molar-refractivity contribution in [2.75, 3.05) is 19.7 Å². The molecule has 0 atom stereocenters. The summed E-state index contributed by atoms with van der Waals surface area (Å²) >= 11 is 0. The zero-order valence-electron chi connectivity index (χ0n) is 14.5. The van der Waals surface area contributed by atoms with Gasteiger partial charge in [0.25, 0.3) is 5.91 Å². The van der Waals surface area contributed by atoms with Gasteiger partial charge in [-0.3, -0.25) is 4.79 Å². The van der Waals surface area contributed by atoms with Crippen LogP contribution in [0.5, 0.6) is 0 Å². The molecule has 1 aromatic rings. The zero-order valence-corrected chi connectivity index (χ0v) is 14.5. The van der Waals surface area contributed by atoms with Gasteiger partial charge in [-0.25, -0.2) is 4.79 Å². The molecule has 10 heteroatoms. The van der Waals surface area contributed by atoms with Crippen molar-refractivity contribution in [3.8, 4) is 0 Å². The number of esters is 1. The fraction of sp³-hybridized carbons (Fsp3) is 0.412. The lowest BCUT2D eigenvalue weighted by Crippen LogP contribution is -2.35. The lowest BCUT2D eigenvalue weighted by Gasteiger charge is -2.20. The molecule has 0 heterocycles. The van der Waals surface area contributed by atoms with Crippen LogP contribution >= 0.6 is 0 Å². The number of halogens is 6. The number of benzene rings is 1. The normalized spacial score (nSPS) is 11.9. The highest BCUT2D eigenvalue weighted by Crippen LogP contribution is 2.36. The van der Waals surface area contributed by atoms with E-state index in [4.69, 9.17) is 0 Å². The van der Waals surface area contributed by atoms with Gasteiger partial charge in [0.15, 0.2) is 6.61 Å². The van der Waals surface area contributed by atoms with Crippen LogP contribution in [0.3, 0.4) is 0 Å². The van der Waals surface area contributed by atoms with Crippen LogP contribution in [0.25, 0.3) is 0 Å². The molecule has 0 aliphatic carbocycles. The zero-order chi connectivity index (χ0) is 21.0. The minimum atomic E-state index is -5.09. The molecule has 0 unspecified atom stereocenters. The summed E-state index contributed by atoms with van der Waals surface area (Å²) in [5, 5.41) is 0. The molecule has 0 aliphatic heterocycles. The quantitative estimate of drug-likeness (QED) is 0.408. The van der Waals surface area contributed by atoms with Crippen LogP contribution in [0.1, 0.15) is 35.3 Å². The van der Waals surface area contributed by atoms with Crippen LogP contribution in [-0.4, -0.2) is 36.5 Å². The van der Waals surface area contributed by atoms with Gasteiger partial charge in [0.2, 0.25) is 0 Å². The smallest absolute Gasteiger partial charge is 0.416 e. The standard InChI is InChI=1S/C17H17F6NO3/c1-4-24(8-10(2)3)14(25)9-27-15(26)11-5-12(16(18,19)20)7-13(6-11)17(21,22)23/h5-7H,2,4,8-9H2,1,3H3. The molecule has 0 radical (unpaired) electrons. The van der Waals surface area contributed by atoms with Gasteiger partial charge in [0, 0.05) is 13.1 Å². The SMILES string of the molecule is C=C(C)CN(CC)C(=O)COC(=O)c1cc(C(F)(F)F)cc(C(F)(F)F)c1. The van der Waals surface area contributed by atoms with Crippen LogP contribution in [0, 0.1) is 0 Å². The Balaban J connectivity index is 3.03. The number of ether oxygens (including phenoxy) is 1. The molecule has 1 aromatic carbocycles. The Morgan fingerprint density at radius 3 is 1.89 bits per heavy atom. The fourth-order valence-electron chi connectivity index (χ4n) is 2.08. The number of likely N-dealkylation sites (N-methyl/N-ethyl adjacent to an activating group) is 1. The largest absolute Gasteiger partial charge is 0.452 e. The van der Waals surface area contributed by atoms with E-state index >= 15 is 0 Å². The molecule has 1 rings (SSSR count). The number of carbonyl (C=O) groups excluding carboxylic acids is 2. The van der Waals surface area contributed by atoms with E-state index in [0.29, 0.717) is 5.57 Å². The van der Waals surface area contributed by atoms with Gasteiger partial charge in [0.05, 0.1) is 16.7 Å². The average molecular weight is 397 g/mol. The number of rotatable bonds is 6. The van der Waals surface area contributed by atoms with Gasteiger partial charge < -0.3 is 9.64 Å². The summed E-state index contributed by atoms with van der Waals surface area (Å²) in [5.41, 5.74) is -3.60. The van der Waals surface area contributed by atoms with E-state index in [1.807, 2.05) is 0 Å². The Bertz CT molecular complexity index is 692. The first-order valence-electron chi connectivity index (χ1n) is 7.64. The molecule has 0 bridgehead atoms. The van der Waals surface area contributed by atoms with E-state index in [1.54, 1.807) is 13.8 Å². The Labute approximate surface area is 151 Å². The van der Waals surface area contributed by atoms with E-state index in [9.17, 15) is 35.9 Å². The van der Waals surface area contributed by atoms with Gasteiger partial charge in [-0.15, -0.1) is 0 Å². The molecule has 0 saturated heterocycles. The Kier molecular flexibility index (Phi) is 7.05. The maximum absolute atomic E-state index is 12.8. The van der Waals surface area contributed by atoms with Crippen molar-refractivity contribution in [3.05, 3.63) is 47.0 Å². The van der Waals surface area contributed by atoms with Crippen molar-refractivity contribution in [1.29, 1.82) is 0 Å². The molecule has 0 saturated carbocycles. The molecular formula is C17H17F6NO3. The van der Waals surface area contributed by atoms with E-state index in [-0.39, 0.29) is 31.3 Å². The van der Waals surface area contributed by atoms with Gasteiger partial charge >= 0.3 is 18.3 Å². The van der Waals surface area contributed by atoms with Crippen molar-refractivity contribution in [1.82, 2.24) is 4.90 Å². The Morgan fingerprint density at radius 1 is 1.04 bits per heavy atom. The molecule has 0 aromatic heterocycles. The fourth-order valence-corrected chi connectivity index (χ4v) is 2.08. The van der Waals surface area contributed by atoms with E-state index in [1.165, 1.54) is 4.90 Å². The highest BCUT2D eigenvalue weighted by atomic mass is 19.4. The summed E-state index contributed by atoms with van der Waals surface area (Å²) in [6.45, 7) is 6.53. The number of hydrogen-bond donors (Lipinski definition) is 0. The summed E-state index contributed by atoms with van der Waals surface area (Å²) in [6, 6.07) is 0.384. The highest BCUT2D eigenvalue weighted by Gasteiger charge is 2.37. The monoisotopic (exact) mass is 397 g/mol. The van der Waals surface area contributed by atoms with Crippen molar-refractivity contribution in [2.45, 2.75) is 26.2 Å². The minimum Gasteiger partial charge on any atom is -0.452 e. The van der Waals surface area contributed by atoms with Crippen LogP contribution in [0.4, 0.5) is 26.3 Å². The predicted octanol–water partition coefficient (Wildman–Crippen LogP) is 4.31. The van der Waals surface area contributed by atoms with E-state index < -0.39 is 47.5 Å². The second kappa shape index (κ2) is 8.45. The number of nitrogens with zero attached hydrogens (tertiary/aromatic N) is 1. The number of alkyl halides is 6. The number of hydrogen-bond acceptors (Lipinski definition) is 3. The summed E-state index contributed by atoms with van der Waals surface area (Å²) in [7, 11) is 0. The van der Waals surface area contributed by atoms with Crippen molar-refractivity contribution in [2.24, 2.45) is 0 Å². The first kappa shape index (κ1) is 22.5. The first-order valence-corrected chi connectivity index (χ1v) is 7.64. The molecule has 27 heavy (non-hydrogen) atoms. The third-order valence-electron chi connectivity index (χ3n) is 3.35. The van der Waals surface area contributed by atoms with Gasteiger partial charge in [-0.1, -0.05) is 12.2 Å². The average Bonchev–Trinajstić information content (AvgIpc) is 2.54. The highest BCUT2D eigenvalue weighted by molar-refractivity contribution is 5.91. The molecular weight excluding hydrogens is 380 g/mol. The molecule has 0 fully saturated rings. The summed E-state index contributed by atoms with van der Waals surface area (Å²) in [5.74, 6) is -2.12.